The number of carbonyl (C=O) groups is 2. The molecule has 0 aliphatic carbocycles. The summed E-state index contributed by atoms with van der Waals surface area (Å²) in [4.78, 5) is 43.7. The van der Waals surface area contributed by atoms with E-state index < -0.39 is 0 Å². The van der Waals surface area contributed by atoms with E-state index in [1.165, 1.54) is 16.0 Å². The summed E-state index contributed by atoms with van der Waals surface area (Å²) in [5.41, 5.74) is 1.47. The third kappa shape index (κ3) is 4.50. The van der Waals surface area contributed by atoms with E-state index in [2.05, 4.69) is 5.10 Å². The van der Waals surface area contributed by atoms with Gasteiger partial charge in [-0.05, 0) is 23.6 Å². The Hall–Kier alpha value is -3.76. The zero-order valence-corrected chi connectivity index (χ0v) is 20.1. The van der Waals surface area contributed by atoms with Gasteiger partial charge in [0.2, 0.25) is 0 Å². The molecule has 0 bridgehead atoms. The molecule has 1 aromatic heterocycles. The number of carbonyl (C=O) groups excluding carboxylic acids is 2. The maximum Gasteiger partial charge on any atom is 0.282 e. The Labute approximate surface area is 206 Å². The summed E-state index contributed by atoms with van der Waals surface area (Å²) >= 11 is 1.41. The van der Waals surface area contributed by atoms with Gasteiger partial charge in [-0.2, -0.15) is 9.78 Å². The maximum atomic E-state index is 13.6. The van der Waals surface area contributed by atoms with E-state index in [9.17, 15) is 14.4 Å². The summed E-state index contributed by atoms with van der Waals surface area (Å²) in [7, 11) is 1.61. The molecule has 1 aromatic carbocycles. The SMILES string of the molecule is COCCn1cc(C(=O)N2CCN(C(=O)c3cccs3)CC2)c2nn(-c3ccccc3)c(=O)c-2c1. The van der Waals surface area contributed by atoms with Gasteiger partial charge in [-0.3, -0.25) is 14.4 Å². The molecule has 180 valence electrons. The van der Waals surface area contributed by atoms with Crippen LogP contribution in [0.2, 0.25) is 0 Å². The molecular formula is C25H25N5O4S. The number of amides is 2. The highest BCUT2D eigenvalue weighted by molar-refractivity contribution is 7.12. The third-order valence-corrected chi connectivity index (χ3v) is 6.95. The van der Waals surface area contributed by atoms with Crippen molar-refractivity contribution in [3.05, 3.63) is 81.0 Å². The number of nitrogens with zero attached hydrogens (tertiary/aromatic N) is 5. The van der Waals surface area contributed by atoms with Gasteiger partial charge in [0.25, 0.3) is 17.4 Å². The van der Waals surface area contributed by atoms with Gasteiger partial charge in [-0.25, -0.2) is 0 Å². The van der Waals surface area contributed by atoms with Crippen molar-refractivity contribution in [2.75, 3.05) is 39.9 Å². The molecule has 2 aromatic rings. The average molecular weight is 492 g/mol. The fourth-order valence-corrected chi connectivity index (χ4v) is 4.92. The van der Waals surface area contributed by atoms with E-state index in [-0.39, 0.29) is 17.4 Å². The van der Waals surface area contributed by atoms with E-state index in [0.717, 1.165) is 0 Å². The fourth-order valence-electron chi connectivity index (χ4n) is 4.23. The lowest BCUT2D eigenvalue weighted by Gasteiger charge is -2.34. The summed E-state index contributed by atoms with van der Waals surface area (Å²) < 4.78 is 8.33. The van der Waals surface area contributed by atoms with E-state index in [0.29, 0.717) is 66.7 Å². The van der Waals surface area contributed by atoms with E-state index in [1.807, 2.05) is 35.7 Å². The van der Waals surface area contributed by atoms with Crippen LogP contribution in [0.5, 0.6) is 0 Å². The second kappa shape index (κ2) is 9.85. The van der Waals surface area contributed by atoms with Crippen molar-refractivity contribution >= 4 is 23.2 Å². The number of hydrogen-bond acceptors (Lipinski definition) is 6. The van der Waals surface area contributed by atoms with Gasteiger partial charge in [0, 0.05) is 52.2 Å². The molecule has 3 aliphatic heterocycles. The molecule has 0 saturated carbocycles. The van der Waals surface area contributed by atoms with Crippen LogP contribution >= 0.6 is 11.3 Å². The standard InChI is InChI=1S/C25H25N5O4S/c1-34-14-13-27-16-19(22-20(17-27)24(32)30(26-22)18-6-3-2-4-7-18)23(31)28-9-11-29(12-10-28)25(33)21-8-5-15-35-21/h2-8,15-17H,9-14H2,1H3. The number of hydrogen-bond donors (Lipinski definition) is 0. The zero-order valence-electron chi connectivity index (χ0n) is 19.3. The monoisotopic (exact) mass is 491 g/mol. The van der Waals surface area contributed by atoms with Gasteiger partial charge in [0.05, 0.1) is 28.3 Å². The predicted molar refractivity (Wildman–Crippen MR) is 132 cm³/mol. The summed E-state index contributed by atoms with van der Waals surface area (Å²) in [5, 5.41) is 6.43. The number of ether oxygens (including phenoxy) is 1. The number of pyridine rings is 1. The Kier molecular flexibility index (Phi) is 6.47. The molecule has 5 rings (SSSR count). The van der Waals surface area contributed by atoms with Crippen molar-refractivity contribution in [2.45, 2.75) is 6.54 Å². The van der Waals surface area contributed by atoms with Crippen LogP contribution in [0.15, 0.2) is 65.0 Å². The molecule has 0 atom stereocenters. The minimum Gasteiger partial charge on any atom is -0.383 e. The summed E-state index contributed by atoms with van der Waals surface area (Å²) in [6.45, 7) is 2.66. The summed E-state index contributed by atoms with van der Waals surface area (Å²) in [6, 6.07) is 12.8. The van der Waals surface area contributed by atoms with Crippen molar-refractivity contribution in [3.8, 4) is 16.9 Å². The number of para-hydroxylation sites is 1. The molecule has 0 radical (unpaired) electrons. The molecule has 0 N–H and O–H groups in total. The highest BCUT2D eigenvalue weighted by Gasteiger charge is 2.30. The highest BCUT2D eigenvalue weighted by atomic mass is 32.1. The molecule has 0 unspecified atom stereocenters. The van der Waals surface area contributed by atoms with Crippen molar-refractivity contribution in [1.82, 2.24) is 24.1 Å². The minimum absolute atomic E-state index is 0.00999. The van der Waals surface area contributed by atoms with Crippen molar-refractivity contribution in [1.29, 1.82) is 0 Å². The molecule has 35 heavy (non-hydrogen) atoms. The number of fused-ring (bicyclic) bond motifs is 1. The van der Waals surface area contributed by atoms with E-state index in [1.54, 1.807) is 46.0 Å². The Morgan fingerprint density at radius 2 is 1.69 bits per heavy atom. The molecule has 1 saturated heterocycles. The molecular weight excluding hydrogens is 466 g/mol. The van der Waals surface area contributed by atoms with Crippen LogP contribution in [-0.2, 0) is 11.3 Å². The van der Waals surface area contributed by atoms with Crippen molar-refractivity contribution in [3.63, 3.8) is 0 Å². The Morgan fingerprint density at radius 3 is 2.34 bits per heavy atom. The van der Waals surface area contributed by atoms with E-state index >= 15 is 0 Å². The van der Waals surface area contributed by atoms with Crippen molar-refractivity contribution < 1.29 is 14.3 Å². The highest BCUT2D eigenvalue weighted by Crippen LogP contribution is 2.24. The van der Waals surface area contributed by atoms with Crippen LogP contribution < -0.4 is 5.56 Å². The van der Waals surface area contributed by atoms with Gasteiger partial charge in [-0.15, -0.1) is 11.3 Å². The van der Waals surface area contributed by atoms with Crippen LogP contribution in [0.4, 0.5) is 0 Å². The third-order valence-electron chi connectivity index (χ3n) is 6.09. The Bertz CT molecular complexity index is 1350. The van der Waals surface area contributed by atoms with Gasteiger partial charge in [0.15, 0.2) is 0 Å². The number of methoxy groups -OCH3 is 1. The number of rotatable bonds is 6. The number of piperazine rings is 1. The lowest BCUT2D eigenvalue weighted by molar-refractivity contribution is 0.0537. The Morgan fingerprint density at radius 1 is 0.971 bits per heavy atom. The normalized spacial score (nSPS) is 14.0. The number of thiophene rings is 1. The van der Waals surface area contributed by atoms with Gasteiger partial charge in [0.1, 0.15) is 5.69 Å². The van der Waals surface area contributed by atoms with Crippen LogP contribution in [-0.4, -0.2) is 75.9 Å². The largest absolute Gasteiger partial charge is 0.383 e. The smallest absolute Gasteiger partial charge is 0.282 e. The zero-order chi connectivity index (χ0) is 24.4. The van der Waals surface area contributed by atoms with Gasteiger partial charge >= 0.3 is 0 Å². The first-order valence-electron chi connectivity index (χ1n) is 11.4. The van der Waals surface area contributed by atoms with Gasteiger partial charge in [-0.1, -0.05) is 24.3 Å². The lowest BCUT2D eigenvalue weighted by Crippen LogP contribution is -2.50. The lowest BCUT2D eigenvalue weighted by atomic mass is 10.1. The second-order valence-electron chi connectivity index (χ2n) is 8.28. The number of benzene rings is 1. The van der Waals surface area contributed by atoms with E-state index in [4.69, 9.17) is 4.74 Å². The molecule has 10 heteroatoms. The van der Waals surface area contributed by atoms with Crippen LogP contribution in [0.1, 0.15) is 20.0 Å². The van der Waals surface area contributed by atoms with Crippen LogP contribution in [0.25, 0.3) is 16.9 Å². The summed E-state index contributed by atoms with van der Waals surface area (Å²) in [5.74, 6) is -0.216. The molecule has 0 spiro atoms. The fraction of sp³-hybridized carbons (Fsp3) is 0.280. The number of aromatic nitrogens is 3. The molecule has 2 amide bonds. The predicted octanol–water partition coefficient (Wildman–Crippen LogP) is 2.44. The summed E-state index contributed by atoms with van der Waals surface area (Å²) in [6.07, 6.45) is 3.45. The first kappa shape index (κ1) is 23.0. The van der Waals surface area contributed by atoms with Crippen LogP contribution in [0, 0.1) is 0 Å². The molecule has 9 nitrogen and oxygen atoms in total. The van der Waals surface area contributed by atoms with Gasteiger partial charge < -0.3 is 19.1 Å². The molecule has 1 fully saturated rings. The van der Waals surface area contributed by atoms with Crippen LogP contribution in [0.3, 0.4) is 0 Å². The first-order valence-corrected chi connectivity index (χ1v) is 12.2. The topological polar surface area (TPSA) is 89.7 Å². The quantitative estimate of drug-likeness (QED) is 0.413. The maximum absolute atomic E-state index is 13.6. The minimum atomic E-state index is -0.279. The van der Waals surface area contributed by atoms with Crippen molar-refractivity contribution in [2.24, 2.45) is 0 Å². The first-order chi connectivity index (χ1) is 17.1. The Balaban J connectivity index is 1.45. The molecule has 4 heterocycles. The average Bonchev–Trinajstić information content (AvgIpc) is 3.56. The second-order valence-corrected chi connectivity index (χ2v) is 9.23. The molecule has 3 aliphatic rings.